The molecule has 0 spiro atoms. The molecule has 0 radical (unpaired) electrons. The standard InChI is InChI=1S/C15H21NO6/c1-16(9-14(18)19)13(17)6-5-10-7-11(20-2)15(22-4)12(8-10)21-3/h7-8H,5-6,9H2,1-4H3,(H,18,19). The Labute approximate surface area is 129 Å². The number of hydrogen-bond acceptors (Lipinski definition) is 5. The third kappa shape index (κ3) is 4.54. The fourth-order valence-corrected chi connectivity index (χ4v) is 2.01. The summed E-state index contributed by atoms with van der Waals surface area (Å²) in [7, 11) is 6.02. The Bertz CT molecular complexity index is 518. The molecule has 0 heterocycles. The second-order valence-corrected chi connectivity index (χ2v) is 4.68. The maximum Gasteiger partial charge on any atom is 0.323 e. The van der Waals surface area contributed by atoms with Crippen LogP contribution in [0.5, 0.6) is 17.2 Å². The Morgan fingerprint density at radius 1 is 1.09 bits per heavy atom. The number of carbonyl (C=O) groups excluding carboxylic acids is 1. The van der Waals surface area contributed by atoms with Gasteiger partial charge in [0, 0.05) is 13.5 Å². The van der Waals surface area contributed by atoms with E-state index in [1.54, 1.807) is 12.1 Å². The van der Waals surface area contributed by atoms with Crippen LogP contribution in [0.15, 0.2) is 12.1 Å². The molecule has 0 aromatic heterocycles. The number of likely N-dealkylation sites (N-methyl/N-ethyl adjacent to an activating group) is 1. The van der Waals surface area contributed by atoms with Gasteiger partial charge in [0.2, 0.25) is 11.7 Å². The molecule has 1 N–H and O–H groups in total. The minimum absolute atomic E-state index is 0.197. The van der Waals surface area contributed by atoms with E-state index in [9.17, 15) is 9.59 Å². The zero-order valence-electron chi connectivity index (χ0n) is 13.2. The molecule has 1 amide bonds. The number of amides is 1. The zero-order chi connectivity index (χ0) is 16.7. The van der Waals surface area contributed by atoms with Crippen LogP contribution in [0, 0.1) is 0 Å². The van der Waals surface area contributed by atoms with Crippen LogP contribution < -0.4 is 14.2 Å². The lowest BCUT2D eigenvalue weighted by molar-refractivity contribution is -0.143. The highest BCUT2D eigenvalue weighted by atomic mass is 16.5. The molecule has 0 aliphatic carbocycles. The molecule has 0 saturated heterocycles. The van der Waals surface area contributed by atoms with Gasteiger partial charge in [0.25, 0.3) is 0 Å². The first-order chi connectivity index (χ1) is 10.4. The van der Waals surface area contributed by atoms with Crippen LogP contribution in [0.3, 0.4) is 0 Å². The molecule has 0 saturated carbocycles. The number of carboxylic acid groups (broad SMARTS) is 1. The summed E-state index contributed by atoms with van der Waals surface area (Å²) in [6.07, 6.45) is 0.641. The quantitative estimate of drug-likeness (QED) is 0.776. The van der Waals surface area contributed by atoms with Gasteiger partial charge in [-0.2, -0.15) is 0 Å². The van der Waals surface area contributed by atoms with E-state index >= 15 is 0 Å². The number of carbonyl (C=O) groups is 2. The van der Waals surface area contributed by atoms with Gasteiger partial charge in [-0.1, -0.05) is 0 Å². The summed E-state index contributed by atoms with van der Waals surface area (Å²) in [4.78, 5) is 23.6. The van der Waals surface area contributed by atoms with Gasteiger partial charge in [-0.15, -0.1) is 0 Å². The second-order valence-electron chi connectivity index (χ2n) is 4.68. The van der Waals surface area contributed by atoms with Crippen molar-refractivity contribution in [2.24, 2.45) is 0 Å². The first kappa shape index (κ1) is 17.6. The Balaban J connectivity index is 2.81. The van der Waals surface area contributed by atoms with Crippen molar-refractivity contribution in [2.45, 2.75) is 12.8 Å². The largest absolute Gasteiger partial charge is 0.493 e. The van der Waals surface area contributed by atoms with Crippen LogP contribution >= 0.6 is 0 Å². The summed E-state index contributed by atoms with van der Waals surface area (Å²) in [5.41, 5.74) is 0.839. The molecule has 7 heteroatoms. The molecular formula is C15H21NO6. The van der Waals surface area contributed by atoms with E-state index in [2.05, 4.69) is 0 Å². The Kier molecular flexibility index (Phi) is 6.49. The molecule has 22 heavy (non-hydrogen) atoms. The highest BCUT2D eigenvalue weighted by Crippen LogP contribution is 2.38. The zero-order valence-corrected chi connectivity index (χ0v) is 13.2. The average Bonchev–Trinajstić information content (AvgIpc) is 2.50. The average molecular weight is 311 g/mol. The number of benzene rings is 1. The molecule has 0 bridgehead atoms. The van der Waals surface area contributed by atoms with Gasteiger partial charge in [-0.25, -0.2) is 0 Å². The molecule has 1 rings (SSSR count). The van der Waals surface area contributed by atoms with Crippen molar-refractivity contribution in [2.75, 3.05) is 34.9 Å². The molecule has 122 valence electrons. The first-order valence-electron chi connectivity index (χ1n) is 6.67. The summed E-state index contributed by atoms with van der Waals surface area (Å²) in [6, 6.07) is 3.54. The van der Waals surface area contributed by atoms with Gasteiger partial charge >= 0.3 is 5.97 Å². The highest BCUT2D eigenvalue weighted by Gasteiger charge is 2.15. The molecule has 0 aliphatic rings. The van der Waals surface area contributed by atoms with Gasteiger partial charge < -0.3 is 24.2 Å². The summed E-state index contributed by atoms with van der Waals surface area (Å²) >= 11 is 0. The van der Waals surface area contributed by atoms with Gasteiger partial charge in [-0.3, -0.25) is 9.59 Å². The van der Waals surface area contributed by atoms with E-state index in [1.165, 1.54) is 33.3 Å². The summed E-state index contributed by atoms with van der Waals surface area (Å²) in [5, 5.41) is 8.67. The molecule has 0 fully saturated rings. The maximum atomic E-state index is 11.9. The van der Waals surface area contributed by atoms with E-state index in [4.69, 9.17) is 19.3 Å². The highest BCUT2D eigenvalue weighted by molar-refractivity contribution is 5.81. The third-order valence-corrected chi connectivity index (χ3v) is 3.15. The van der Waals surface area contributed by atoms with Crippen molar-refractivity contribution in [3.8, 4) is 17.2 Å². The third-order valence-electron chi connectivity index (χ3n) is 3.15. The van der Waals surface area contributed by atoms with Gasteiger partial charge in [0.15, 0.2) is 11.5 Å². The molecular weight excluding hydrogens is 290 g/mol. The first-order valence-corrected chi connectivity index (χ1v) is 6.67. The van der Waals surface area contributed by atoms with Crippen molar-refractivity contribution in [3.05, 3.63) is 17.7 Å². The van der Waals surface area contributed by atoms with Crippen LogP contribution in [0.25, 0.3) is 0 Å². The summed E-state index contributed by atoms with van der Waals surface area (Å²) in [5.74, 6) is 0.245. The predicted octanol–water partition coefficient (Wildman–Crippen LogP) is 1.19. The van der Waals surface area contributed by atoms with Crippen LogP contribution in [0.2, 0.25) is 0 Å². The number of methoxy groups -OCH3 is 3. The van der Waals surface area contributed by atoms with E-state index < -0.39 is 5.97 Å². The van der Waals surface area contributed by atoms with E-state index in [0.717, 1.165) is 5.56 Å². The number of aryl methyl sites for hydroxylation is 1. The van der Waals surface area contributed by atoms with Crippen molar-refractivity contribution in [3.63, 3.8) is 0 Å². The molecule has 7 nitrogen and oxygen atoms in total. The summed E-state index contributed by atoms with van der Waals surface area (Å²) in [6.45, 7) is -0.311. The van der Waals surface area contributed by atoms with E-state index in [1.807, 2.05) is 0 Å². The van der Waals surface area contributed by atoms with Gasteiger partial charge in [0.1, 0.15) is 6.54 Å². The van der Waals surface area contributed by atoms with Crippen molar-refractivity contribution in [1.29, 1.82) is 0 Å². The number of nitrogens with zero attached hydrogens (tertiary/aromatic N) is 1. The van der Waals surface area contributed by atoms with Gasteiger partial charge in [0.05, 0.1) is 21.3 Å². The fourth-order valence-electron chi connectivity index (χ4n) is 2.01. The van der Waals surface area contributed by atoms with Crippen LogP contribution in [0.4, 0.5) is 0 Å². The van der Waals surface area contributed by atoms with Crippen molar-refractivity contribution >= 4 is 11.9 Å². The minimum atomic E-state index is -1.04. The lowest BCUT2D eigenvalue weighted by Gasteiger charge is -2.16. The van der Waals surface area contributed by atoms with Crippen molar-refractivity contribution in [1.82, 2.24) is 4.90 Å². The number of carboxylic acids is 1. The Morgan fingerprint density at radius 2 is 1.64 bits per heavy atom. The summed E-state index contributed by atoms with van der Waals surface area (Å²) < 4.78 is 15.7. The molecule has 1 aromatic rings. The lowest BCUT2D eigenvalue weighted by Crippen LogP contribution is -2.32. The number of rotatable bonds is 8. The Hall–Kier alpha value is -2.44. The molecule has 0 unspecified atom stereocenters. The minimum Gasteiger partial charge on any atom is -0.493 e. The van der Waals surface area contributed by atoms with E-state index in [-0.39, 0.29) is 18.9 Å². The fraction of sp³-hybridized carbons (Fsp3) is 0.467. The van der Waals surface area contributed by atoms with Gasteiger partial charge in [-0.05, 0) is 24.1 Å². The van der Waals surface area contributed by atoms with Crippen LogP contribution in [0.1, 0.15) is 12.0 Å². The number of ether oxygens (including phenoxy) is 3. The smallest absolute Gasteiger partial charge is 0.323 e. The SMILES string of the molecule is COc1cc(CCC(=O)N(C)CC(=O)O)cc(OC)c1OC. The van der Waals surface area contributed by atoms with Crippen LogP contribution in [-0.2, 0) is 16.0 Å². The normalized spacial score (nSPS) is 10.0. The monoisotopic (exact) mass is 311 g/mol. The van der Waals surface area contributed by atoms with Crippen LogP contribution in [-0.4, -0.2) is 56.8 Å². The second kappa shape index (κ2) is 8.11. The topological polar surface area (TPSA) is 85.3 Å². The number of aliphatic carboxylic acids is 1. The predicted molar refractivity (Wildman–Crippen MR) is 79.7 cm³/mol. The number of hydrogen-bond donors (Lipinski definition) is 1. The molecule has 0 atom stereocenters. The Morgan fingerprint density at radius 3 is 2.05 bits per heavy atom. The molecule has 0 aliphatic heterocycles. The van der Waals surface area contributed by atoms with Crippen molar-refractivity contribution < 1.29 is 28.9 Å². The lowest BCUT2D eigenvalue weighted by atomic mass is 10.1. The molecule has 1 aromatic carbocycles. The maximum absolute atomic E-state index is 11.9. The van der Waals surface area contributed by atoms with E-state index in [0.29, 0.717) is 23.7 Å².